The Morgan fingerprint density at radius 1 is 0.323 bits per heavy atom. The molecule has 2 heterocycles. The van der Waals surface area contributed by atoms with Crippen molar-refractivity contribution in [3.63, 3.8) is 0 Å². The fourth-order valence-electron chi connectivity index (χ4n) is 10.00. The molecule has 0 amide bonds. The summed E-state index contributed by atoms with van der Waals surface area (Å²) in [5, 5.41) is 0. The molecule has 0 saturated carbocycles. The van der Waals surface area contributed by atoms with Crippen LogP contribution in [0.2, 0.25) is 0 Å². The third-order valence-electron chi connectivity index (χ3n) is 12.3. The zero-order valence-corrected chi connectivity index (χ0v) is 37.9. The van der Waals surface area contributed by atoms with Crippen LogP contribution in [0.3, 0.4) is 0 Å². The summed E-state index contributed by atoms with van der Waals surface area (Å²) in [6.07, 6.45) is 0. The summed E-state index contributed by atoms with van der Waals surface area (Å²) in [7, 11) is 0. The molecule has 0 spiro atoms. The van der Waals surface area contributed by atoms with Gasteiger partial charge < -0.3 is 0 Å². The monoisotopic (exact) mass is 848 g/mol. The van der Waals surface area contributed by atoms with E-state index >= 15 is 0 Å². The van der Waals surface area contributed by atoms with E-state index in [1.165, 1.54) is 0 Å². The number of hydrogen-bond donors (Lipinski definition) is 0. The van der Waals surface area contributed by atoms with E-state index in [4.69, 9.17) is 9.97 Å². The van der Waals surface area contributed by atoms with E-state index in [1.807, 2.05) is 165 Å². The zero-order chi connectivity index (χ0) is 45.9. The molecule has 318 valence electrons. The van der Waals surface area contributed by atoms with Gasteiger partial charge in [-0.15, -0.1) is 0 Å². The summed E-state index contributed by atoms with van der Waals surface area (Å²) in [5.41, 5.74) is 13.0. The lowest BCUT2D eigenvalue weighted by molar-refractivity contribution is 0.101. The highest BCUT2D eigenvalue weighted by atomic mass is 16.1. The number of hydrogen-bond acceptors (Lipinski definition) is 6. The molecule has 0 N–H and O–H groups in total. The second-order valence-corrected chi connectivity index (χ2v) is 17.9. The molecule has 0 radical (unpaired) electrons. The van der Waals surface area contributed by atoms with Crippen LogP contribution in [0, 0.1) is 55.4 Å². The van der Waals surface area contributed by atoms with Crippen LogP contribution in [0.4, 0.5) is 0 Å². The van der Waals surface area contributed by atoms with E-state index < -0.39 is 5.41 Å². The zero-order valence-electron chi connectivity index (χ0n) is 37.9. The van der Waals surface area contributed by atoms with Gasteiger partial charge in [-0.25, -0.2) is 9.97 Å². The molecule has 0 bridgehead atoms. The molecule has 0 aliphatic heterocycles. The minimum Gasteiger partial charge on any atom is -0.287 e. The minimum absolute atomic E-state index is 0.0913. The van der Waals surface area contributed by atoms with E-state index in [0.29, 0.717) is 33.4 Å². The summed E-state index contributed by atoms with van der Waals surface area (Å²) in [6, 6.07) is 46.0. The second-order valence-electron chi connectivity index (χ2n) is 17.9. The predicted octanol–water partition coefficient (Wildman–Crippen LogP) is 12.2. The number of pyridine rings is 2. The lowest BCUT2D eigenvalue weighted by Crippen LogP contribution is -2.31. The topological polar surface area (TPSA) is 94.1 Å². The molecule has 0 unspecified atom stereocenters. The smallest absolute Gasteiger partial charge is 0.211 e. The van der Waals surface area contributed by atoms with Gasteiger partial charge in [0.2, 0.25) is 23.1 Å². The fraction of sp³-hybridized carbons (Fsp3) is 0.153. The van der Waals surface area contributed by atoms with Crippen LogP contribution in [-0.4, -0.2) is 33.1 Å². The predicted molar refractivity (Wildman–Crippen MR) is 257 cm³/mol. The fourth-order valence-corrected chi connectivity index (χ4v) is 10.00. The van der Waals surface area contributed by atoms with Crippen molar-refractivity contribution < 1.29 is 19.2 Å². The summed E-state index contributed by atoms with van der Waals surface area (Å²) < 4.78 is 0. The maximum absolute atomic E-state index is 14.9. The van der Waals surface area contributed by atoms with Crippen molar-refractivity contribution in [3.8, 4) is 11.1 Å². The Morgan fingerprint density at radius 3 is 0.800 bits per heavy atom. The van der Waals surface area contributed by atoms with Crippen molar-refractivity contribution in [2.75, 3.05) is 0 Å². The average molecular weight is 849 g/mol. The Bertz CT molecular complexity index is 2870. The number of ketones is 4. The number of rotatable bonds is 10. The molecule has 6 aromatic carbocycles. The standard InChI is InChI=1S/C59H48N2O4/c1-33-17-34(2)22-41(21-33)55(62)51-29-45(30-52(60-51)56(63)42-23-35(3)18-36(4)24-42)59(49-15-11-9-13-47(49)48-14-10-12-16-50(48)59)46-31-53(57(64)43-25-37(5)19-38(6)26-43)61-54(32-46)58(65)44-27-39(7)20-40(8)28-44/h9-32H,1-8H3. The summed E-state index contributed by atoms with van der Waals surface area (Å²) >= 11 is 0. The highest BCUT2D eigenvalue weighted by Crippen LogP contribution is 2.56. The molecular formula is C59H48N2O4. The molecule has 6 heteroatoms. The van der Waals surface area contributed by atoms with E-state index in [0.717, 1.165) is 66.8 Å². The number of carbonyl (C=O) groups is 4. The Hall–Kier alpha value is -7.70. The van der Waals surface area contributed by atoms with Gasteiger partial charge in [-0.05, 0) is 162 Å². The van der Waals surface area contributed by atoms with Crippen LogP contribution in [0.25, 0.3) is 11.1 Å². The molecule has 0 saturated heterocycles. The molecular weight excluding hydrogens is 801 g/mol. The van der Waals surface area contributed by atoms with Gasteiger partial charge in [0.05, 0.1) is 5.41 Å². The van der Waals surface area contributed by atoms with Gasteiger partial charge in [-0.1, -0.05) is 117 Å². The number of benzene rings is 6. The minimum atomic E-state index is -1.29. The maximum atomic E-state index is 14.9. The van der Waals surface area contributed by atoms with Gasteiger partial charge in [0.25, 0.3) is 0 Å². The van der Waals surface area contributed by atoms with E-state index in [1.54, 1.807) is 24.3 Å². The highest BCUT2D eigenvalue weighted by Gasteiger charge is 2.47. The second kappa shape index (κ2) is 16.5. The lowest BCUT2D eigenvalue weighted by atomic mass is 9.67. The van der Waals surface area contributed by atoms with Crippen LogP contribution in [-0.2, 0) is 5.41 Å². The van der Waals surface area contributed by atoms with E-state index in [-0.39, 0.29) is 45.9 Å². The van der Waals surface area contributed by atoms with Gasteiger partial charge in [-0.2, -0.15) is 0 Å². The van der Waals surface area contributed by atoms with Gasteiger partial charge in [-0.3, -0.25) is 19.2 Å². The Kier molecular flexibility index (Phi) is 10.8. The normalized spacial score (nSPS) is 12.4. The maximum Gasteiger partial charge on any atom is 0.211 e. The molecule has 9 rings (SSSR count). The molecule has 1 aliphatic carbocycles. The Balaban J connectivity index is 1.40. The first kappa shape index (κ1) is 42.6. The molecule has 1 aliphatic rings. The third kappa shape index (κ3) is 7.76. The van der Waals surface area contributed by atoms with Crippen molar-refractivity contribution in [1.82, 2.24) is 9.97 Å². The summed E-state index contributed by atoms with van der Waals surface area (Å²) in [6.45, 7) is 15.6. The first-order valence-corrected chi connectivity index (χ1v) is 21.9. The highest BCUT2D eigenvalue weighted by molar-refractivity contribution is 6.13. The van der Waals surface area contributed by atoms with Gasteiger partial charge in [0.1, 0.15) is 22.8 Å². The van der Waals surface area contributed by atoms with Crippen molar-refractivity contribution in [1.29, 1.82) is 0 Å². The summed E-state index contributed by atoms with van der Waals surface area (Å²) in [5.74, 6) is -1.36. The van der Waals surface area contributed by atoms with Crippen LogP contribution in [0.5, 0.6) is 0 Å². The quantitative estimate of drug-likeness (QED) is 0.127. The Morgan fingerprint density at radius 2 is 0.554 bits per heavy atom. The van der Waals surface area contributed by atoms with Gasteiger partial charge in [0.15, 0.2) is 0 Å². The number of nitrogens with zero attached hydrogens (tertiary/aromatic N) is 2. The van der Waals surface area contributed by atoms with Crippen LogP contribution >= 0.6 is 0 Å². The van der Waals surface area contributed by atoms with Gasteiger partial charge >= 0.3 is 0 Å². The van der Waals surface area contributed by atoms with Crippen LogP contribution in [0.15, 0.2) is 146 Å². The summed E-state index contributed by atoms with van der Waals surface area (Å²) in [4.78, 5) is 69.4. The first-order chi connectivity index (χ1) is 31.1. The molecule has 65 heavy (non-hydrogen) atoms. The number of fused-ring (bicyclic) bond motifs is 3. The number of aromatic nitrogens is 2. The molecule has 0 fully saturated rings. The van der Waals surface area contributed by atoms with Crippen molar-refractivity contribution in [2.45, 2.75) is 60.8 Å². The first-order valence-electron chi connectivity index (χ1n) is 21.9. The lowest BCUT2D eigenvalue weighted by Gasteiger charge is -2.34. The van der Waals surface area contributed by atoms with Crippen LogP contribution in [0.1, 0.15) is 131 Å². The molecule has 2 aromatic heterocycles. The van der Waals surface area contributed by atoms with Crippen molar-refractivity contribution in [3.05, 3.63) is 257 Å². The average Bonchev–Trinajstić information content (AvgIpc) is 3.57. The van der Waals surface area contributed by atoms with Crippen molar-refractivity contribution >= 4 is 23.1 Å². The third-order valence-corrected chi connectivity index (χ3v) is 12.3. The SMILES string of the molecule is Cc1cc(C)cc(C(=O)c2cc(C3(c4cc(C(=O)c5cc(C)cc(C)c5)nc(C(=O)c5cc(C)cc(C)c5)c4)c4ccccc4-c4ccccc43)cc(C(=O)c3cc(C)cc(C)c3)n2)c1. The largest absolute Gasteiger partial charge is 0.287 e. The number of carbonyl (C=O) groups excluding carboxylic acids is 4. The Labute approximate surface area is 380 Å². The molecule has 0 atom stereocenters. The van der Waals surface area contributed by atoms with Crippen LogP contribution < -0.4 is 0 Å². The number of aryl methyl sites for hydroxylation is 8. The van der Waals surface area contributed by atoms with Gasteiger partial charge in [0, 0.05) is 22.3 Å². The van der Waals surface area contributed by atoms with E-state index in [9.17, 15) is 19.2 Å². The molecule has 6 nitrogen and oxygen atoms in total. The van der Waals surface area contributed by atoms with Crippen molar-refractivity contribution in [2.24, 2.45) is 0 Å². The molecule has 8 aromatic rings. The van der Waals surface area contributed by atoms with E-state index in [2.05, 4.69) is 12.1 Å².